The molecule has 1 aliphatic rings. The fourth-order valence-electron chi connectivity index (χ4n) is 4.64. The number of likely N-dealkylation sites (N-methyl/N-ethyl adjacent to an activating group) is 1. The van der Waals surface area contributed by atoms with E-state index in [1.54, 1.807) is 18.9 Å². The molecule has 0 saturated carbocycles. The minimum absolute atomic E-state index is 0.00482. The molecule has 5 rings (SSSR count). The van der Waals surface area contributed by atoms with E-state index in [1.807, 2.05) is 0 Å². The number of aliphatic hydroxyl groups excluding tert-OH is 1. The highest BCUT2D eigenvalue weighted by atomic mass is 32.1. The number of aryl methyl sites for hydroxylation is 1. The van der Waals surface area contributed by atoms with Gasteiger partial charge in [0.2, 0.25) is 5.91 Å². The molecule has 206 valence electrons. The first-order valence-electron chi connectivity index (χ1n) is 12.2. The fourth-order valence-corrected chi connectivity index (χ4v) is 5.72. The number of aliphatic hydroxyl groups is 1. The molecule has 12 nitrogen and oxygen atoms in total. The normalized spacial score (nSPS) is 16.3. The molecule has 0 radical (unpaired) electrons. The van der Waals surface area contributed by atoms with Crippen molar-refractivity contribution < 1.29 is 28.5 Å². The van der Waals surface area contributed by atoms with Gasteiger partial charge in [0, 0.05) is 31.1 Å². The zero-order valence-corrected chi connectivity index (χ0v) is 22.4. The maximum atomic E-state index is 14.1. The molecule has 2 unspecified atom stereocenters. The van der Waals surface area contributed by atoms with Crippen LogP contribution in [0.4, 0.5) is 4.39 Å². The molecule has 0 bridgehead atoms. The molecule has 1 aromatic carbocycles. The van der Waals surface area contributed by atoms with Gasteiger partial charge in [-0.15, -0.1) is 4.80 Å². The van der Waals surface area contributed by atoms with Crippen LogP contribution in [-0.2, 0) is 9.53 Å². The summed E-state index contributed by atoms with van der Waals surface area (Å²) in [5.74, 6) is -0.228. The van der Waals surface area contributed by atoms with Gasteiger partial charge in [0.05, 0.1) is 44.1 Å². The Bertz CT molecular complexity index is 1550. The Labute approximate surface area is 226 Å². The van der Waals surface area contributed by atoms with Gasteiger partial charge in [0.25, 0.3) is 5.56 Å². The van der Waals surface area contributed by atoms with E-state index in [1.165, 1.54) is 58.4 Å². The Morgan fingerprint density at radius 1 is 1.26 bits per heavy atom. The summed E-state index contributed by atoms with van der Waals surface area (Å²) < 4.78 is 32.8. The number of carbonyl (C=O) groups excluding carboxylic acids is 1. The lowest BCUT2D eigenvalue weighted by Gasteiger charge is -2.23. The second kappa shape index (κ2) is 11.1. The number of fused-ring (bicyclic) bond motifs is 1. The molecule has 1 N–H and O–H groups in total. The van der Waals surface area contributed by atoms with E-state index in [-0.39, 0.29) is 43.7 Å². The summed E-state index contributed by atoms with van der Waals surface area (Å²) in [6, 6.07) is 3.49. The Kier molecular flexibility index (Phi) is 7.59. The zero-order valence-electron chi connectivity index (χ0n) is 21.5. The van der Waals surface area contributed by atoms with Crippen molar-refractivity contribution in [2.75, 3.05) is 40.5 Å². The topological polar surface area (TPSA) is 134 Å². The van der Waals surface area contributed by atoms with Crippen molar-refractivity contribution in [2.45, 2.75) is 25.5 Å². The number of amides is 1. The first-order chi connectivity index (χ1) is 18.8. The first-order valence-corrected chi connectivity index (χ1v) is 13.0. The lowest BCUT2D eigenvalue weighted by Crippen LogP contribution is -2.30. The number of carbonyl (C=O) groups is 1. The lowest BCUT2D eigenvalue weighted by molar-refractivity contribution is -0.126. The number of benzene rings is 1. The maximum Gasteiger partial charge on any atom is 0.301 e. The Hall–Kier alpha value is -3.88. The molecule has 3 aromatic heterocycles. The molecule has 0 aliphatic carbocycles. The number of halogens is 1. The Morgan fingerprint density at radius 2 is 2.03 bits per heavy atom. The highest BCUT2D eigenvalue weighted by Gasteiger charge is 2.33. The van der Waals surface area contributed by atoms with Crippen LogP contribution in [0.1, 0.15) is 29.7 Å². The molecule has 0 spiro atoms. The SMILES string of the molecule is COc1ccc(F)cc1C(COc1nc2sc(-n3nccn3)c(C)c2c(=O)n1C1CC(=O)N(C)C1)OCCO. The minimum atomic E-state index is -0.856. The molecule has 4 heterocycles. The van der Waals surface area contributed by atoms with E-state index in [0.717, 1.165) is 0 Å². The summed E-state index contributed by atoms with van der Waals surface area (Å²) in [7, 11) is 3.12. The van der Waals surface area contributed by atoms with Crippen LogP contribution in [0.5, 0.6) is 11.8 Å². The summed E-state index contributed by atoms with van der Waals surface area (Å²) in [6.45, 7) is 1.62. The van der Waals surface area contributed by atoms with Crippen LogP contribution in [-0.4, -0.2) is 81.0 Å². The van der Waals surface area contributed by atoms with Crippen LogP contribution in [0, 0.1) is 12.7 Å². The minimum Gasteiger partial charge on any atom is -0.496 e. The third-order valence-electron chi connectivity index (χ3n) is 6.54. The molecule has 1 fully saturated rings. The molecule has 39 heavy (non-hydrogen) atoms. The van der Waals surface area contributed by atoms with Gasteiger partial charge < -0.3 is 24.2 Å². The van der Waals surface area contributed by atoms with Gasteiger partial charge in [-0.1, -0.05) is 11.3 Å². The molecule has 1 amide bonds. The van der Waals surface area contributed by atoms with Crippen molar-refractivity contribution in [1.82, 2.24) is 29.4 Å². The summed E-state index contributed by atoms with van der Waals surface area (Å²) in [6.07, 6.45) is 2.33. The van der Waals surface area contributed by atoms with E-state index >= 15 is 0 Å². The zero-order chi connectivity index (χ0) is 27.7. The van der Waals surface area contributed by atoms with Gasteiger partial charge in [-0.05, 0) is 25.1 Å². The number of methoxy groups -OCH3 is 1. The number of likely N-dealkylation sites (tertiary alicyclic amines) is 1. The van der Waals surface area contributed by atoms with E-state index in [4.69, 9.17) is 14.2 Å². The third-order valence-corrected chi connectivity index (χ3v) is 7.69. The van der Waals surface area contributed by atoms with Gasteiger partial charge in [-0.3, -0.25) is 14.2 Å². The number of rotatable bonds is 10. The third kappa shape index (κ3) is 5.10. The molecule has 14 heteroatoms. The fraction of sp³-hybridized carbons (Fsp3) is 0.400. The number of ether oxygens (including phenoxy) is 3. The average Bonchev–Trinajstić information content (AvgIpc) is 3.64. The van der Waals surface area contributed by atoms with Crippen LogP contribution in [0.15, 0.2) is 35.4 Å². The molecular weight excluding hydrogens is 531 g/mol. The van der Waals surface area contributed by atoms with Crippen molar-refractivity contribution in [2.24, 2.45) is 0 Å². The van der Waals surface area contributed by atoms with Gasteiger partial charge >= 0.3 is 6.01 Å². The van der Waals surface area contributed by atoms with Gasteiger partial charge in [0.1, 0.15) is 34.1 Å². The summed E-state index contributed by atoms with van der Waals surface area (Å²) in [4.78, 5) is 34.4. The van der Waals surface area contributed by atoms with Gasteiger partial charge in [0.15, 0.2) is 0 Å². The van der Waals surface area contributed by atoms with E-state index in [0.29, 0.717) is 38.6 Å². The Balaban J connectivity index is 1.59. The molecule has 2 atom stereocenters. The number of hydrogen-bond donors (Lipinski definition) is 1. The van der Waals surface area contributed by atoms with Gasteiger partial charge in [-0.25, -0.2) is 4.39 Å². The first kappa shape index (κ1) is 26.7. The van der Waals surface area contributed by atoms with Crippen molar-refractivity contribution in [3.63, 3.8) is 0 Å². The van der Waals surface area contributed by atoms with Crippen molar-refractivity contribution in [3.05, 3.63) is 57.9 Å². The van der Waals surface area contributed by atoms with Crippen molar-refractivity contribution >= 4 is 27.5 Å². The summed E-state index contributed by atoms with van der Waals surface area (Å²) >= 11 is 1.24. The molecule has 1 saturated heterocycles. The largest absolute Gasteiger partial charge is 0.496 e. The average molecular weight is 559 g/mol. The predicted octanol–water partition coefficient (Wildman–Crippen LogP) is 2.03. The smallest absolute Gasteiger partial charge is 0.301 e. The van der Waals surface area contributed by atoms with Crippen molar-refractivity contribution in [1.29, 1.82) is 0 Å². The second-order valence-corrected chi connectivity index (χ2v) is 9.99. The van der Waals surface area contributed by atoms with Crippen LogP contribution in [0.2, 0.25) is 0 Å². The summed E-state index contributed by atoms with van der Waals surface area (Å²) in [5.41, 5.74) is 0.678. The summed E-state index contributed by atoms with van der Waals surface area (Å²) in [5, 5.41) is 18.7. The molecule has 1 aliphatic heterocycles. The lowest BCUT2D eigenvalue weighted by atomic mass is 10.1. The van der Waals surface area contributed by atoms with Crippen LogP contribution in [0.25, 0.3) is 15.2 Å². The number of thiophene rings is 1. The van der Waals surface area contributed by atoms with E-state index in [2.05, 4.69) is 15.2 Å². The molecular formula is C25H27FN6O6S. The predicted molar refractivity (Wildman–Crippen MR) is 139 cm³/mol. The van der Waals surface area contributed by atoms with E-state index < -0.39 is 18.0 Å². The van der Waals surface area contributed by atoms with Gasteiger partial charge in [-0.2, -0.15) is 15.2 Å². The molecule has 4 aromatic rings. The van der Waals surface area contributed by atoms with E-state index in [9.17, 15) is 19.1 Å². The van der Waals surface area contributed by atoms with Crippen LogP contribution in [0.3, 0.4) is 0 Å². The van der Waals surface area contributed by atoms with Crippen LogP contribution < -0.4 is 15.0 Å². The Morgan fingerprint density at radius 3 is 2.69 bits per heavy atom. The quantitative estimate of drug-likeness (QED) is 0.310. The van der Waals surface area contributed by atoms with Crippen LogP contribution >= 0.6 is 11.3 Å². The standard InChI is InChI=1S/C25H27FN6O6S/c1-14-21-22(39-24(14)32-27-6-7-28-32)29-25(31(23(21)35)16-11-20(34)30(2)12-16)38-13-19(37-9-8-33)17-10-15(26)4-5-18(17)36-3/h4-7,10,16,19,33H,8-9,11-13H2,1-3H3. The van der Waals surface area contributed by atoms with Crippen molar-refractivity contribution in [3.8, 4) is 16.8 Å². The maximum absolute atomic E-state index is 14.1. The number of hydrogen-bond acceptors (Lipinski definition) is 10. The number of aromatic nitrogens is 5. The number of nitrogens with zero attached hydrogens (tertiary/aromatic N) is 6. The second-order valence-electron chi connectivity index (χ2n) is 9.01. The highest BCUT2D eigenvalue weighted by Crippen LogP contribution is 2.34. The monoisotopic (exact) mass is 558 g/mol. The highest BCUT2D eigenvalue weighted by molar-refractivity contribution is 7.21.